The molecule has 34 heavy (non-hydrogen) atoms. The molecule has 0 radical (unpaired) electrons. The second kappa shape index (κ2) is 8.70. The quantitative estimate of drug-likeness (QED) is 0.470. The Kier molecular flexibility index (Phi) is 5.40. The van der Waals surface area contributed by atoms with E-state index in [0.717, 1.165) is 61.4 Å². The fraction of sp³-hybridized carbons (Fsp3) is 0.286. The molecular formula is C28H29N5O. The Labute approximate surface area is 200 Å². The highest BCUT2D eigenvalue weighted by molar-refractivity contribution is 5.85. The smallest absolute Gasteiger partial charge is 0.227 e. The third-order valence-corrected chi connectivity index (χ3v) is 7.01. The van der Waals surface area contributed by atoms with Crippen molar-refractivity contribution in [1.82, 2.24) is 20.2 Å². The molecule has 2 aliphatic rings. The van der Waals surface area contributed by atoms with E-state index in [4.69, 9.17) is 9.72 Å². The van der Waals surface area contributed by atoms with Crippen LogP contribution in [-0.4, -0.2) is 42.1 Å². The number of anilines is 2. The molecule has 0 bridgehead atoms. The van der Waals surface area contributed by atoms with E-state index >= 15 is 0 Å². The van der Waals surface area contributed by atoms with Gasteiger partial charge in [0.25, 0.3) is 0 Å². The summed E-state index contributed by atoms with van der Waals surface area (Å²) in [5.41, 5.74) is 9.79. The molecule has 3 heterocycles. The van der Waals surface area contributed by atoms with Crippen molar-refractivity contribution < 1.29 is 4.74 Å². The van der Waals surface area contributed by atoms with Crippen LogP contribution in [0, 0.1) is 0 Å². The summed E-state index contributed by atoms with van der Waals surface area (Å²) in [5.74, 6) is 1.40. The Balaban J connectivity index is 1.36. The summed E-state index contributed by atoms with van der Waals surface area (Å²) in [5, 5.41) is 7.95. The molecule has 3 aromatic carbocycles. The largest absolute Gasteiger partial charge is 0.495 e. The van der Waals surface area contributed by atoms with Crippen molar-refractivity contribution in [2.45, 2.75) is 25.9 Å². The van der Waals surface area contributed by atoms with Gasteiger partial charge < -0.3 is 20.3 Å². The average molecular weight is 452 g/mol. The summed E-state index contributed by atoms with van der Waals surface area (Å²) < 4.78 is 5.69. The highest BCUT2D eigenvalue weighted by Crippen LogP contribution is 2.34. The van der Waals surface area contributed by atoms with Gasteiger partial charge in [-0.1, -0.05) is 30.3 Å². The van der Waals surface area contributed by atoms with Gasteiger partial charge in [-0.2, -0.15) is 0 Å². The molecule has 6 rings (SSSR count). The summed E-state index contributed by atoms with van der Waals surface area (Å²) >= 11 is 0. The van der Waals surface area contributed by atoms with Gasteiger partial charge in [-0.05, 0) is 78.0 Å². The predicted octanol–water partition coefficient (Wildman–Crippen LogP) is 4.68. The van der Waals surface area contributed by atoms with Gasteiger partial charge in [0.15, 0.2) is 0 Å². The minimum Gasteiger partial charge on any atom is -0.495 e. The van der Waals surface area contributed by atoms with Gasteiger partial charge in [0.2, 0.25) is 5.95 Å². The Morgan fingerprint density at radius 1 is 1.03 bits per heavy atom. The Morgan fingerprint density at radius 3 is 2.88 bits per heavy atom. The van der Waals surface area contributed by atoms with Gasteiger partial charge in [0.1, 0.15) is 5.75 Å². The number of aromatic nitrogens is 2. The monoisotopic (exact) mass is 451 g/mol. The lowest BCUT2D eigenvalue weighted by Crippen LogP contribution is -2.26. The molecule has 0 saturated heterocycles. The second-order valence-corrected chi connectivity index (χ2v) is 9.27. The summed E-state index contributed by atoms with van der Waals surface area (Å²) in [4.78, 5) is 11.8. The standard InChI is InChI=1S/C28H29N5O/c1-33-11-9-19-14-27(34-2)26(13-22(19)17-33)32-28-30-15-21-7-6-20(12-25(21)31-28)23-5-3-4-18-8-10-29-16-24(18)23/h3-7,12-15,29H,8-11,16-17H2,1-2H3,(H,30,31,32). The van der Waals surface area contributed by atoms with Crippen molar-refractivity contribution in [2.75, 3.05) is 32.6 Å². The third-order valence-electron chi connectivity index (χ3n) is 7.01. The highest BCUT2D eigenvalue weighted by Gasteiger charge is 2.18. The van der Waals surface area contributed by atoms with E-state index in [9.17, 15) is 0 Å². The minimum atomic E-state index is 0.573. The molecular weight excluding hydrogens is 422 g/mol. The van der Waals surface area contributed by atoms with E-state index in [0.29, 0.717) is 5.95 Å². The van der Waals surface area contributed by atoms with E-state index in [-0.39, 0.29) is 0 Å². The van der Waals surface area contributed by atoms with Crippen LogP contribution in [-0.2, 0) is 25.9 Å². The lowest BCUT2D eigenvalue weighted by atomic mass is 9.91. The number of hydrogen-bond donors (Lipinski definition) is 2. The number of hydrogen-bond acceptors (Lipinski definition) is 6. The predicted molar refractivity (Wildman–Crippen MR) is 137 cm³/mol. The number of likely N-dealkylation sites (N-methyl/N-ethyl adjacent to an activating group) is 1. The Hall–Kier alpha value is -3.48. The molecule has 0 unspecified atom stereocenters. The Morgan fingerprint density at radius 2 is 1.97 bits per heavy atom. The van der Waals surface area contributed by atoms with Gasteiger partial charge in [-0.25, -0.2) is 9.97 Å². The lowest BCUT2D eigenvalue weighted by Gasteiger charge is -2.26. The highest BCUT2D eigenvalue weighted by atomic mass is 16.5. The maximum Gasteiger partial charge on any atom is 0.227 e. The maximum absolute atomic E-state index is 5.69. The van der Waals surface area contributed by atoms with Crippen LogP contribution < -0.4 is 15.4 Å². The molecule has 2 N–H and O–H groups in total. The number of rotatable bonds is 4. The first-order valence-corrected chi connectivity index (χ1v) is 11.9. The van der Waals surface area contributed by atoms with Crippen LogP contribution >= 0.6 is 0 Å². The van der Waals surface area contributed by atoms with Crippen LogP contribution in [0.4, 0.5) is 11.6 Å². The van der Waals surface area contributed by atoms with Crippen LogP contribution in [0.1, 0.15) is 22.3 Å². The van der Waals surface area contributed by atoms with Crippen molar-refractivity contribution in [3.05, 3.63) is 77.0 Å². The molecule has 2 aliphatic heterocycles. The zero-order valence-corrected chi connectivity index (χ0v) is 19.7. The van der Waals surface area contributed by atoms with E-state index in [1.54, 1.807) is 7.11 Å². The molecule has 0 aliphatic carbocycles. The lowest BCUT2D eigenvalue weighted by molar-refractivity contribution is 0.312. The molecule has 6 heteroatoms. The molecule has 0 amide bonds. The molecule has 0 saturated carbocycles. The summed E-state index contributed by atoms with van der Waals surface area (Å²) in [6.45, 7) is 3.96. The average Bonchev–Trinajstić information content (AvgIpc) is 2.87. The van der Waals surface area contributed by atoms with Crippen LogP contribution in [0.15, 0.2) is 54.7 Å². The summed E-state index contributed by atoms with van der Waals surface area (Å²) in [6, 6.07) is 17.4. The van der Waals surface area contributed by atoms with Crippen molar-refractivity contribution in [1.29, 1.82) is 0 Å². The molecule has 172 valence electrons. The number of nitrogens with zero attached hydrogens (tertiary/aromatic N) is 3. The van der Waals surface area contributed by atoms with E-state index in [1.165, 1.54) is 33.4 Å². The van der Waals surface area contributed by atoms with Gasteiger partial charge >= 0.3 is 0 Å². The zero-order chi connectivity index (χ0) is 23.1. The first-order chi connectivity index (χ1) is 16.7. The van der Waals surface area contributed by atoms with Crippen LogP contribution in [0.25, 0.3) is 22.0 Å². The maximum atomic E-state index is 5.69. The number of ether oxygens (including phenoxy) is 1. The SMILES string of the molecule is COc1cc2c(cc1Nc1ncc3ccc(-c4cccc5c4CNCC5)cc3n1)CN(C)CC2. The topological polar surface area (TPSA) is 62.3 Å². The third kappa shape index (κ3) is 3.89. The number of methoxy groups -OCH3 is 1. The second-order valence-electron chi connectivity index (χ2n) is 9.27. The van der Waals surface area contributed by atoms with E-state index in [1.807, 2.05) is 6.20 Å². The van der Waals surface area contributed by atoms with E-state index in [2.05, 4.69) is 76.1 Å². The summed E-state index contributed by atoms with van der Waals surface area (Å²) in [6.07, 6.45) is 4.00. The van der Waals surface area contributed by atoms with Crippen LogP contribution in [0.5, 0.6) is 5.75 Å². The van der Waals surface area contributed by atoms with Crippen LogP contribution in [0.2, 0.25) is 0 Å². The van der Waals surface area contributed by atoms with Gasteiger partial charge in [0.05, 0.1) is 18.3 Å². The van der Waals surface area contributed by atoms with Crippen molar-refractivity contribution >= 4 is 22.5 Å². The number of nitrogens with one attached hydrogen (secondary N) is 2. The first kappa shape index (κ1) is 21.1. The van der Waals surface area contributed by atoms with Gasteiger partial charge in [0, 0.05) is 31.2 Å². The molecule has 0 spiro atoms. The molecule has 0 atom stereocenters. The van der Waals surface area contributed by atoms with Crippen molar-refractivity contribution in [3.8, 4) is 16.9 Å². The molecule has 6 nitrogen and oxygen atoms in total. The van der Waals surface area contributed by atoms with Crippen LogP contribution in [0.3, 0.4) is 0 Å². The van der Waals surface area contributed by atoms with Gasteiger partial charge in [-0.3, -0.25) is 0 Å². The zero-order valence-electron chi connectivity index (χ0n) is 19.7. The summed E-state index contributed by atoms with van der Waals surface area (Å²) in [7, 11) is 3.87. The number of fused-ring (bicyclic) bond motifs is 3. The molecule has 0 fully saturated rings. The fourth-order valence-electron chi connectivity index (χ4n) is 5.15. The van der Waals surface area contributed by atoms with Crippen molar-refractivity contribution in [2.24, 2.45) is 0 Å². The number of benzene rings is 3. The minimum absolute atomic E-state index is 0.573. The van der Waals surface area contributed by atoms with Crippen molar-refractivity contribution in [3.63, 3.8) is 0 Å². The molecule has 4 aromatic rings. The fourth-order valence-corrected chi connectivity index (χ4v) is 5.15. The first-order valence-electron chi connectivity index (χ1n) is 11.9. The van der Waals surface area contributed by atoms with Gasteiger partial charge in [-0.15, -0.1) is 0 Å². The molecule has 1 aromatic heterocycles. The normalized spacial score (nSPS) is 15.6. The van der Waals surface area contributed by atoms with E-state index < -0.39 is 0 Å². The Bertz CT molecular complexity index is 1380.